The highest BCUT2D eigenvalue weighted by atomic mass is 16.1. The van der Waals surface area contributed by atoms with Crippen LogP contribution in [0, 0.1) is 5.92 Å². The minimum Gasteiger partial charge on any atom is -0.328 e. The first kappa shape index (κ1) is 16.7. The van der Waals surface area contributed by atoms with E-state index >= 15 is 0 Å². The van der Waals surface area contributed by atoms with Crippen LogP contribution in [0.4, 0.5) is 5.82 Å². The fourth-order valence-electron chi connectivity index (χ4n) is 3.41. The second-order valence-corrected chi connectivity index (χ2v) is 6.96. The van der Waals surface area contributed by atoms with Crippen molar-refractivity contribution in [2.75, 3.05) is 5.32 Å². The number of carbonyl (C=O) groups excluding carboxylic acids is 1. The van der Waals surface area contributed by atoms with E-state index in [1.807, 2.05) is 31.4 Å². The summed E-state index contributed by atoms with van der Waals surface area (Å²) < 4.78 is 1.75. The van der Waals surface area contributed by atoms with Crippen molar-refractivity contribution >= 4 is 22.6 Å². The number of aromatic nitrogens is 4. The minimum atomic E-state index is 0.0157. The lowest BCUT2D eigenvalue weighted by atomic mass is 9.86. The van der Waals surface area contributed by atoms with Gasteiger partial charge in [0.05, 0.1) is 17.4 Å². The van der Waals surface area contributed by atoms with Crippen molar-refractivity contribution in [1.82, 2.24) is 19.7 Å². The number of amides is 1. The largest absolute Gasteiger partial charge is 0.328 e. The summed E-state index contributed by atoms with van der Waals surface area (Å²) in [5.74, 6) is 0.572. The molecule has 0 atom stereocenters. The third-order valence-electron chi connectivity index (χ3n) is 4.97. The Kier molecular flexibility index (Phi) is 4.38. The molecule has 0 bridgehead atoms. The third-order valence-corrected chi connectivity index (χ3v) is 4.97. The third kappa shape index (κ3) is 3.43. The van der Waals surface area contributed by atoms with Crippen molar-refractivity contribution < 1.29 is 4.79 Å². The molecule has 3 aromatic rings. The average molecular weight is 350 g/mol. The molecule has 1 aliphatic carbocycles. The number of hydrogen-bond donors (Lipinski definition) is 2. The Hall–Kier alpha value is -2.80. The monoisotopic (exact) mass is 350 g/mol. The summed E-state index contributed by atoms with van der Waals surface area (Å²) in [5.41, 5.74) is 8.51. The summed E-state index contributed by atoms with van der Waals surface area (Å²) in [6, 6.07) is 5.98. The molecule has 7 nitrogen and oxygen atoms in total. The highest BCUT2D eigenvalue weighted by molar-refractivity contribution is 5.93. The van der Waals surface area contributed by atoms with Gasteiger partial charge >= 0.3 is 0 Å². The summed E-state index contributed by atoms with van der Waals surface area (Å²) in [4.78, 5) is 21.5. The maximum absolute atomic E-state index is 12.5. The Balaban J connectivity index is 1.55. The number of rotatable bonds is 3. The fraction of sp³-hybridized carbons (Fsp3) is 0.368. The lowest BCUT2D eigenvalue weighted by molar-refractivity contribution is -0.120. The molecule has 1 aliphatic rings. The molecule has 3 N–H and O–H groups in total. The zero-order chi connectivity index (χ0) is 18.1. The SMILES string of the molecule is Cn1cc(-c2ccc3cnc(NC(=O)[C@H]4CC[C@H](N)CC4)cc3n2)cn1. The molecule has 134 valence electrons. The summed E-state index contributed by atoms with van der Waals surface area (Å²) in [5, 5.41) is 8.05. The van der Waals surface area contributed by atoms with Crippen molar-refractivity contribution in [3.8, 4) is 11.3 Å². The molecule has 1 fully saturated rings. The smallest absolute Gasteiger partial charge is 0.228 e. The molecular weight excluding hydrogens is 328 g/mol. The van der Waals surface area contributed by atoms with Crippen LogP contribution < -0.4 is 11.1 Å². The molecule has 0 aromatic carbocycles. The van der Waals surface area contributed by atoms with Crippen LogP contribution in [-0.2, 0) is 11.8 Å². The van der Waals surface area contributed by atoms with Gasteiger partial charge in [-0.05, 0) is 37.8 Å². The molecule has 0 aliphatic heterocycles. The Bertz CT molecular complexity index is 942. The Morgan fingerprint density at radius 2 is 2.04 bits per heavy atom. The van der Waals surface area contributed by atoms with E-state index in [2.05, 4.69) is 20.4 Å². The maximum atomic E-state index is 12.5. The van der Waals surface area contributed by atoms with E-state index in [0.29, 0.717) is 5.82 Å². The highest BCUT2D eigenvalue weighted by Gasteiger charge is 2.24. The molecule has 0 spiro atoms. The summed E-state index contributed by atoms with van der Waals surface area (Å²) >= 11 is 0. The van der Waals surface area contributed by atoms with Gasteiger partial charge in [0.15, 0.2) is 0 Å². The standard InChI is InChI=1S/C19H22N6O/c1-25-11-14(10-22-25)16-7-4-13-9-21-18(8-17(13)23-16)24-19(26)12-2-5-15(20)6-3-12/h4,7-12,15H,2-3,5-6,20H2,1H3,(H,21,24,26)/t12-,15-. The van der Waals surface area contributed by atoms with Crippen molar-refractivity contribution in [3.05, 3.63) is 36.8 Å². The lowest BCUT2D eigenvalue weighted by Gasteiger charge is -2.24. The zero-order valence-electron chi connectivity index (χ0n) is 14.7. The number of pyridine rings is 2. The van der Waals surface area contributed by atoms with Gasteiger partial charge in [0.2, 0.25) is 5.91 Å². The maximum Gasteiger partial charge on any atom is 0.228 e. The fourth-order valence-corrected chi connectivity index (χ4v) is 3.41. The molecule has 1 saturated carbocycles. The van der Waals surface area contributed by atoms with Crippen LogP contribution in [0.1, 0.15) is 25.7 Å². The van der Waals surface area contributed by atoms with Gasteiger partial charge in [-0.3, -0.25) is 9.48 Å². The topological polar surface area (TPSA) is 98.7 Å². The molecule has 26 heavy (non-hydrogen) atoms. The van der Waals surface area contributed by atoms with Gasteiger partial charge in [0, 0.05) is 48.4 Å². The van der Waals surface area contributed by atoms with Crippen LogP contribution in [0.3, 0.4) is 0 Å². The number of fused-ring (bicyclic) bond motifs is 1. The van der Waals surface area contributed by atoms with E-state index < -0.39 is 0 Å². The van der Waals surface area contributed by atoms with Crippen LogP contribution in [0.25, 0.3) is 22.2 Å². The average Bonchev–Trinajstić information content (AvgIpc) is 3.08. The number of aryl methyl sites for hydroxylation is 1. The first-order valence-electron chi connectivity index (χ1n) is 8.91. The molecule has 0 unspecified atom stereocenters. The van der Waals surface area contributed by atoms with Gasteiger partial charge < -0.3 is 11.1 Å². The summed E-state index contributed by atoms with van der Waals surface area (Å²) in [7, 11) is 1.88. The van der Waals surface area contributed by atoms with Crippen molar-refractivity contribution in [2.24, 2.45) is 18.7 Å². The van der Waals surface area contributed by atoms with Crippen molar-refractivity contribution in [3.63, 3.8) is 0 Å². The second kappa shape index (κ2) is 6.84. The van der Waals surface area contributed by atoms with E-state index in [-0.39, 0.29) is 17.9 Å². The molecule has 0 radical (unpaired) electrons. The van der Waals surface area contributed by atoms with Crippen LogP contribution in [0.5, 0.6) is 0 Å². The molecule has 1 amide bonds. The van der Waals surface area contributed by atoms with E-state index in [9.17, 15) is 4.79 Å². The highest BCUT2D eigenvalue weighted by Crippen LogP contribution is 2.25. The van der Waals surface area contributed by atoms with Crippen LogP contribution in [0.2, 0.25) is 0 Å². The first-order valence-corrected chi connectivity index (χ1v) is 8.91. The number of anilines is 1. The molecule has 0 saturated heterocycles. The van der Waals surface area contributed by atoms with Crippen molar-refractivity contribution in [1.29, 1.82) is 0 Å². The normalized spacial score (nSPS) is 20.2. The quantitative estimate of drug-likeness (QED) is 0.756. The van der Waals surface area contributed by atoms with Gasteiger partial charge in [0.1, 0.15) is 5.82 Å². The lowest BCUT2D eigenvalue weighted by Crippen LogP contribution is -2.32. The Labute approximate surface area is 151 Å². The van der Waals surface area contributed by atoms with E-state index in [1.54, 1.807) is 17.1 Å². The van der Waals surface area contributed by atoms with Gasteiger partial charge in [0.25, 0.3) is 0 Å². The molecular formula is C19H22N6O. The number of nitrogens with one attached hydrogen (secondary N) is 1. The molecule has 3 heterocycles. The van der Waals surface area contributed by atoms with Gasteiger partial charge in [-0.15, -0.1) is 0 Å². The zero-order valence-corrected chi connectivity index (χ0v) is 14.7. The first-order chi connectivity index (χ1) is 12.6. The number of nitrogens with zero attached hydrogens (tertiary/aromatic N) is 4. The summed E-state index contributed by atoms with van der Waals surface area (Å²) in [6.45, 7) is 0. The molecule has 7 heteroatoms. The predicted molar refractivity (Wildman–Crippen MR) is 100 cm³/mol. The van der Waals surface area contributed by atoms with E-state index in [0.717, 1.165) is 47.8 Å². The van der Waals surface area contributed by atoms with Crippen molar-refractivity contribution in [2.45, 2.75) is 31.7 Å². The Morgan fingerprint density at radius 3 is 2.77 bits per heavy atom. The minimum absolute atomic E-state index is 0.0157. The van der Waals surface area contributed by atoms with E-state index in [4.69, 9.17) is 5.73 Å². The number of carbonyl (C=O) groups is 1. The Morgan fingerprint density at radius 1 is 1.23 bits per heavy atom. The van der Waals surface area contributed by atoms with E-state index in [1.165, 1.54) is 0 Å². The molecule has 4 rings (SSSR count). The molecule has 3 aromatic heterocycles. The number of nitrogens with two attached hydrogens (primary N) is 1. The summed E-state index contributed by atoms with van der Waals surface area (Å²) in [6.07, 6.45) is 8.92. The second-order valence-electron chi connectivity index (χ2n) is 6.96. The number of hydrogen-bond acceptors (Lipinski definition) is 5. The predicted octanol–water partition coefficient (Wildman–Crippen LogP) is 2.49. The van der Waals surface area contributed by atoms with Crippen LogP contribution in [-0.4, -0.2) is 31.7 Å². The van der Waals surface area contributed by atoms with Gasteiger partial charge in [-0.1, -0.05) is 0 Å². The van der Waals surface area contributed by atoms with Crippen LogP contribution >= 0.6 is 0 Å². The van der Waals surface area contributed by atoms with Gasteiger partial charge in [-0.25, -0.2) is 9.97 Å². The van der Waals surface area contributed by atoms with Gasteiger partial charge in [-0.2, -0.15) is 5.10 Å². The van der Waals surface area contributed by atoms with Crippen LogP contribution in [0.15, 0.2) is 36.8 Å².